The molecule has 2 aromatic heterocycles. The summed E-state index contributed by atoms with van der Waals surface area (Å²) in [7, 11) is 0. The lowest BCUT2D eigenvalue weighted by Gasteiger charge is -2.34. The van der Waals surface area contributed by atoms with Crippen molar-refractivity contribution in [2.24, 2.45) is 0 Å². The normalized spacial score (nSPS) is 15.4. The number of pyridine rings is 1. The van der Waals surface area contributed by atoms with Crippen LogP contribution < -0.4 is 15.5 Å². The third-order valence-corrected chi connectivity index (χ3v) is 7.43. The van der Waals surface area contributed by atoms with Crippen molar-refractivity contribution in [3.63, 3.8) is 0 Å². The van der Waals surface area contributed by atoms with Crippen LogP contribution in [-0.4, -0.2) is 26.8 Å². The molecule has 4 aromatic rings. The van der Waals surface area contributed by atoms with Gasteiger partial charge in [-0.1, -0.05) is 36.4 Å². The monoisotopic (exact) mass is 558 g/mol. The number of hydrogen-bond acceptors (Lipinski definition) is 6. The van der Waals surface area contributed by atoms with Crippen molar-refractivity contribution in [1.82, 2.24) is 15.0 Å². The summed E-state index contributed by atoms with van der Waals surface area (Å²) in [5.74, 6) is -0.354. The summed E-state index contributed by atoms with van der Waals surface area (Å²) >= 11 is 0. The molecule has 0 radical (unpaired) electrons. The van der Waals surface area contributed by atoms with Gasteiger partial charge in [0.15, 0.2) is 0 Å². The number of fused-ring (bicyclic) bond motifs is 2. The first-order chi connectivity index (χ1) is 19.6. The third-order valence-electron chi connectivity index (χ3n) is 7.43. The Morgan fingerprint density at radius 1 is 1.05 bits per heavy atom. The van der Waals surface area contributed by atoms with Crippen molar-refractivity contribution in [3.8, 4) is 0 Å². The van der Waals surface area contributed by atoms with Gasteiger partial charge in [-0.05, 0) is 49.1 Å². The van der Waals surface area contributed by atoms with E-state index in [-0.39, 0.29) is 18.0 Å². The van der Waals surface area contributed by atoms with Gasteiger partial charge in [-0.2, -0.15) is 13.2 Å². The van der Waals surface area contributed by atoms with Gasteiger partial charge >= 0.3 is 6.18 Å². The Morgan fingerprint density at radius 3 is 2.56 bits per heavy atom. The molecule has 0 unspecified atom stereocenters. The van der Waals surface area contributed by atoms with Crippen LogP contribution in [0.3, 0.4) is 0 Å². The molecule has 0 saturated heterocycles. The Bertz CT molecular complexity index is 1650. The Kier molecular flexibility index (Phi) is 6.44. The fourth-order valence-electron chi connectivity index (χ4n) is 5.07. The number of anilines is 3. The van der Waals surface area contributed by atoms with E-state index in [0.29, 0.717) is 42.9 Å². The summed E-state index contributed by atoms with van der Waals surface area (Å²) < 4.78 is 39.2. The summed E-state index contributed by atoms with van der Waals surface area (Å²) in [5.41, 5.74) is 2.45. The van der Waals surface area contributed by atoms with E-state index in [4.69, 9.17) is 4.98 Å². The van der Waals surface area contributed by atoms with Crippen LogP contribution in [0.25, 0.3) is 0 Å². The van der Waals surface area contributed by atoms with E-state index in [0.717, 1.165) is 34.6 Å². The maximum atomic E-state index is 13.8. The molecule has 1 aliphatic carbocycles. The van der Waals surface area contributed by atoms with Gasteiger partial charge in [0.2, 0.25) is 11.9 Å². The Morgan fingerprint density at radius 2 is 1.83 bits per heavy atom. The first-order valence-corrected chi connectivity index (χ1v) is 13.0. The Labute approximate surface area is 233 Å². The molecule has 2 amide bonds. The fourth-order valence-corrected chi connectivity index (χ4v) is 5.07. The van der Waals surface area contributed by atoms with Crippen molar-refractivity contribution in [2.45, 2.75) is 44.4 Å². The van der Waals surface area contributed by atoms with E-state index in [1.54, 1.807) is 29.3 Å². The molecule has 0 bridgehead atoms. The second-order valence-corrected chi connectivity index (χ2v) is 10.3. The lowest BCUT2D eigenvalue weighted by molar-refractivity contribution is -0.137. The van der Waals surface area contributed by atoms with E-state index >= 15 is 0 Å². The highest BCUT2D eigenvalue weighted by Gasteiger charge is 2.58. The maximum absolute atomic E-state index is 13.8. The highest BCUT2D eigenvalue weighted by atomic mass is 19.4. The molecule has 2 N–H and O–H groups in total. The van der Waals surface area contributed by atoms with Crippen molar-refractivity contribution in [2.75, 3.05) is 15.5 Å². The largest absolute Gasteiger partial charge is 0.417 e. The van der Waals surface area contributed by atoms with E-state index in [1.165, 1.54) is 0 Å². The van der Waals surface area contributed by atoms with Crippen molar-refractivity contribution in [3.05, 3.63) is 107 Å². The van der Waals surface area contributed by atoms with Gasteiger partial charge in [0.25, 0.3) is 5.91 Å². The highest BCUT2D eigenvalue weighted by molar-refractivity contribution is 6.07. The molecule has 11 heteroatoms. The van der Waals surface area contributed by atoms with Crippen LogP contribution in [-0.2, 0) is 29.5 Å². The van der Waals surface area contributed by atoms with E-state index in [2.05, 4.69) is 20.6 Å². The van der Waals surface area contributed by atoms with Crippen molar-refractivity contribution < 1.29 is 22.8 Å². The molecular formula is C30H25F3N6O2. The maximum Gasteiger partial charge on any atom is 0.417 e. The molecular weight excluding hydrogens is 533 g/mol. The molecule has 6 rings (SSSR count). The predicted octanol–water partition coefficient (Wildman–Crippen LogP) is 5.64. The van der Waals surface area contributed by atoms with Crippen LogP contribution in [0, 0.1) is 6.92 Å². The average molecular weight is 559 g/mol. The molecule has 0 atom stereocenters. The van der Waals surface area contributed by atoms with E-state index < -0.39 is 23.1 Å². The number of amides is 2. The summed E-state index contributed by atoms with van der Waals surface area (Å²) in [4.78, 5) is 41.1. The van der Waals surface area contributed by atoms with Gasteiger partial charge in [0.05, 0.1) is 28.8 Å². The van der Waals surface area contributed by atoms with Gasteiger partial charge < -0.3 is 15.5 Å². The van der Waals surface area contributed by atoms with Crippen LogP contribution in [0.5, 0.6) is 0 Å². The Balaban J connectivity index is 1.24. The number of carbonyl (C=O) groups is 2. The van der Waals surface area contributed by atoms with Crippen LogP contribution in [0.15, 0.2) is 73.2 Å². The molecule has 1 spiro atoms. The zero-order chi connectivity index (χ0) is 28.8. The number of carbonyl (C=O) groups excluding carboxylic acids is 2. The minimum Gasteiger partial charge on any atom is -0.350 e. The molecule has 1 aliphatic heterocycles. The number of benzene rings is 2. The van der Waals surface area contributed by atoms with Crippen LogP contribution in [0.1, 0.15) is 51.1 Å². The number of nitrogens with zero attached hydrogens (tertiary/aromatic N) is 4. The second-order valence-electron chi connectivity index (χ2n) is 10.3. The summed E-state index contributed by atoms with van der Waals surface area (Å²) in [6, 6.07) is 15.7. The van der Waals surface area contributed by atoms with Gasteiger partial charge in [0, 0.05) is 42.1 Å². The number of aryl methyl sites for hydroxylation is 1. The van der Waals surface area contributed by atoms with Gasteiger partial charge in [0.1, 0.15) is 0 Å². The summed E-state index contributed by atoms with van der Waals surface area (Å²) in [6.07, 6.45) is 0.207. The number of hydrogen-bond donors (Lipinski definition) is 2. The van der Waals surface area contributed by atoms with Crippen LogP contribution in [0.4, 0.5) is 30.5 Å². The molecule has 2 aromatic carbocycles. The standard InChI is InChI=1S/C30H25F3N6O2/c1-18-7-8-23(37-26(40)20-11-22(16-34-14-20)30(31,32)33)12-24(18)39-17-21-15-36-28(35-13-19-5-3-2-4-6-19)38-25(21)29(9-10-29)27(39)41/h2-8,11-12,14-16H,9-10,13,17H2,1H3,(H,37,40)(H,35,36,38). The van der Waals surface area contributed by atoms with E-state index in [9.17, 15) is 22.8 Å². The molecule has 208 valence electrons. The number of halogens is 3. The van der Waals surface area contributed by atoms with Gasteiger partial charge in [-0.15, -0.1) is 0 Å². The van der Waals surface area contributed by atoms with E-state index in [1.807, 2.05) is 37.3 Å². The van der Waals surface area contributed by atoms with Crippen LogP contribution >= 0.6 is 0 Å². The SMILES string of the molecule is Cc1ccc(NC(=O)c2cncc(C(F)(F)F)c2)cc1N1Cc2cnc(NCc3ccccc3)nc2C2(CC2)C1=O. The number of nitrogens with one attached hydrogen (secondary N) is 2. The average Bonchev–Trinajstić information content (AvgIpc) is 3.77. The lowest BCUT2D eigenvalue weighted by atomic mass is 9.91. The third kappa shape index (κ3) is 5.10. The predicted molar refractivity (Wildman–Crippen MR) is 146 cm³/mol. The molecule has 8 nitrogen and oxygen atoms in total. The second kappa shape index (κ2) is 9.99. The highest BCUT2D eigenvalue weighted by Crippen LogP contribution is 2.53. The molecule has 1 saturated carbocycles. The first kappa shape index (κ1) is 26.4. The minimum absolute atomic E-state index is 0.0774. The Hall–Kier alpha value is -4.80. The molecule has 41 heavy (non-hydrogen) atoms. The summed E-state index contributed by atoms with van der Waals surface area (Å²) in [5, 5.41) is 5.87. The minimum atomic E-state index is -4.62. The molecule has 1 fully saturated rings. The molecule has 2 aliphatic rings. The quantitative estimate of drug-likeness (QED) is 0.318. The summed E-state index contributed by atoms with van der Waals surface area (Å²) in [6.45, 7) is 2.67. The van der Waals surface area contributed by atoms with Crippen molar-refractivity contribution in [1.29, 1.82) is 0 Å². The fraction of sp³-hybridized carbons (Fsp3) is 0.233. The zero-order valence-corrected chi connectivity index (χ0v) is 22.0. The lowest BCUT2D eigenvalue weighted by Crippen LogP contribution is -2.45. The molecule has 3 heterocycles. The zero-order valence-electron chi connectivity index (χ0n) is 22.0. The number of alkyl halides is 3. The van der Waals surface area contributed by atoms with Gasteiger partial charge in [-0.3, -0.25) is 14.6 Å². The van der Waals surface area contributed by atoms with Crippen molar-refractivity contribution >= 4 is 29.1 Å². The number of rotatable bonds is 6. The smallest absolute Gasteiger partial charge is 0.350 e. The number of aromatic nitrogens is 3. The first-order valence-electron chi connectivity index (χ1n) is 13.0. The van der Waals surface area contributed by atoms with Crippen LogP contribution in [0.2, 0.25) is 0 Å². The topological polar surface area (TPSA) is 100 Å². The van der Waals surface area contributed by atoms with Gasteiger partial charge in [-0.25, -0.2) is 9.97 Å².